The van der Waals surface area contributed by atoms with Crippen molar-refractivity contribution in [1.29, 1.82) is 0 Å². The van der Waals surface area contributed by atoms with E-state index in [4.69, 9.17) is 22.8 Å². The Morgan fingerprint density at radius 1 is 1.43 bits per heavy atom. The number of terminal acetylenes is 1. The van der Waals surface area contributed by atoms with Gasteiger partial charge >= 0.3 is 6.03 Å². The van der Waals surface area contributed by atoms with Crippen LogP contribution in [0.3, 0.4) is 0 Å². The third-order valence-corrected chi connectivity index (χ3v) is 5.71. The molecule has 3 rings (SSSR count). The standard InChI is InChI=1S/C21H27ClFN3O2/c1-2-10-26(15-16-7-6-13-28-16)21(27)24-14-19(25-11-3-4-12-25)20-17(22)8-5-9-18(20)23/h1,5,8-9,16,19H,3-4,6-7,10-15H2,(H,24,27). The fourth-order valence-corrected chi connectivity index (χ4v) is 4.24. The number of benzene rings is 1. The predicted molar refractivity (Wildman–Crippen MR) is 108 cm³/mol. The lowest BCUT2D eigenvalue weighted by Crippen LogP contribution is -2.46. The van der Waals surface area contributed by atoms with Crippen molar-refractivity contribution < 1.29 is 13.9 Å². The highest BCUT2D eigenvalue weighted by Crippen LogP contribution is 2.32. The van der Waals surface area contributed by atoms with Crippen molar-refractivity contribution in [2.24, 2.45) is 0 Å². The number of carbonyl (C=O) groups is 1. The van der Waals surface area contributed by atoms with Gasteiger partial charge in [0, 0.05) is 30.3 Å². The van der Waals surface area contributed by atoms with Gasteiger partial charge in [0.2, 0.25) is 0 Å². The lowest BCUT2D eigenvalue weighted by atomic mass is 10.0. The Morgan fingerprint density at radius 2 is 2.21 bits per heavy atom. The highest BCUT2D eigenvalue weighted by Gasteiger charge is 2.29. The molecule has 2 amide bonds. The summed E-state index contributed by atoms with van der Waals surface area (Å²) in [5, 5.41) is 3.32. The molecule has 0 spiro atoms. The van der Waals surface area contributed by atoms with E-state index in [2.05, 4.69) is 16.1 Å². The monoisotopic (exact) mass is 407 g/mol. The minimum Gasteiger partial charge on any atom is -0.376 e. The van der Waals surface area contributed by atoms with Crippen LogP contribution in [0.2, 0.25) is 5.02 Å². The van der Waals surface area contributed by atoms with Gasteiger partial charge in [-0.1, -0.05) is 23.6 Å². The normalized spacial score (nSPS) is 20.7. The average Bonchev–Trinajstić information content (AvgIpc) is 3.37. The first-order valence-electron chi connectivity index (χ1n) is 9.86. The Balaban J connectivity index is 1.69. The molecule has 0 bridgehead atoms. The zero-order valence-electron chi connectivity index (χ0n) is 16.0. The molecule has 152 valence electrons. The first-order chi connectivity index (χ1) is 13.6. The first kappa shape index (κ1) is 20.9. The molecule has 2 heterocycles. The Kier molecular flexibility index (Phi) is 7.55. The van der Waals surface area contributed by atoms with Crippen molar-refractivity contribution in [1.82, 2.24) is 15.1 Å². The largest absolute Gasteiger partial charge is 0.376 e. The fraction of sp³-hybridized carbons (Fsp3) is 0.571. The Bertz CT molecular complexity index is 692. The quantitative estimate of drug-likeness (QED) is 0.704. The van der Waals surface area contributed by atoms with E-state index < -0.39 is 0 Å². The molecule has 2 aliphatic rings. The van der Waals surface area contributed by atoms with Gasteiger partial charge in [-0.25, -0.2) is 9.18 Å². The van der Waals surface area contributed by atoms with Crippen molar-refractivity contribution in [3.63, 3.8) is 0 Å². The van der Waals surface area contributed by atoms with Crippen LogP contribution in [0.4, 0.5) is 9.18 Å². The van der Waals surface area contributed by atoms with Crippen molar-refractivity contribution in [2.75, 3.05) is 39.3 Å². The summed E-state index contributed by atoms with van der Waals surface area (Å²) in [4.78, 5) is 16.5. The summed E-state index contributed by atoms with van der Waals surface area (Å²) in [5.41, 5.74) is 0.439. The minimum absolute atomic E-state index is 0.0227. The number of nitrogens with zero attached hydrogens (tertiary/aromatic N) is 2. The Labute approximate surface area is 171 Å². The number of likely N-dealkylation sites (tertiary alicyclic amines) is 1. The molecule has 0 radical (unpaired) electrons. The molecule has 28 heavy (non-hydrogen) atoms. The molecule has 2 fully saturated rings. The second kappa shape index (κ2) is 10.1. The number of carbonyl (C=O) groups excluding carboxylic acids is 1. The molecule has 2 saturated heterocycles. The summed E-state index contributed by atoms with van der Waals surface area (Å²) < 4.78 is 20.2. The SMILES string of the molecule is C#CCN(CC1CCCO1)C(=O)NCC(c1c(F)cccc1Cl)N1CCCC1. The van der Waals surface area contributed by atoms with Crippen LogP contribution in [0.5, 0.6) is 0 Å². The van der Waals surface area contributed by atoms with Crippen molar-refractivity contribution in [3.8, 4) is 12.3 Å². The van der Waals surface area contributed by atoms with Crippen molar-refractivity contribution in [2.45, 2.75) is 37.8 Å². The average molecular weight is 408 g/mol. The molecule has 0 aliphatic carbocycles. The van der Waals surface area contributed by atoms with Crippen LogP contribution < -0.4 is 5.32 Å². The van der Waals surface area contributed by atoms with Gasteiger partial charge in [0.25, 0.3) is 0 Å². The number of nitrogens with one attached hydrogen (secondary N) is 1. The van der Waals surface area contributed by atoms with Crippen LogP contribution in [0.15, 0.2) is 18.2 Å². The number of halogens is 2. The van der Waals surface area contributed by atoms with Gasteiger partial charge in [0.05, 0.1) is 18.7 Å². The summed E-state index contributed by atoms with van der Waals surface area (Å²) >= 11 is 6.31. The van der Waals surface area contributed by atoms with Crippen LogP contribution in [0.25, 0.3) is 0 Å². The van der Waals surface area contributed by atoms with E-state index in [0.29, 0.717) is 17.1 Å². The predicted octanol–water partition coefficient (Wildman–Crippen LogP) is 3.44. The number of amides is 2. The molecular weight excluding hydrogens is 381 g/mol. The van der Waals surface area contributed by atoms with Crippen LogP contribution in [0, 0.1) is 18.2 Å². The molecule has 1 aromatic carbocycles. The Hall–Kier alpha value is -1.81. The van der Waals surface area contributed by atoms with E-state index in [1.807, 2.05) is 0 Å². The maximum atomic E-state index is 14.6. The van der Waals surface area contributed by atoms with E-state index in [-0.39, 0.29) is 37.1 Å². The molecule has 1 aromatic rings. The lowest BCUT2D eigenvalue weighted by molar-refractivity contribution is 0.0841. The summed E-state index contributed by atoms with van der Waals surface area (Å²) in [7, 11) is 0. The van der Waals surface area contributed by atoms with E-state index in [1.54, 1.807) is 17.0 Å². The molecule has 5 nitrogen and oxygen atoms in total. The van der Waals surface area contributed by atoms with Crippen LogP contribution >= 0.6 is 11.6 Å². The molecule has 2 unspecified atom stereocenters. The maximum absolute atomic E-state index is 14.6. The van der Waals surface area contributed by atoms with Crippen LogP contribution in [-0.2, 0) is 4.74 Å². The number of hydrogen-bond acceptors (Lipinski definition) is 3. The summed E-state index contributed by atoms with van der Waals surface area (Å²) in [5.74, 6) is 2.18. The first-order valence-corrected chi connectivity index (χ1v) is 10.2. The highest BCUT2D eigenvalue weighted by atomic mass is 35.5. The van der Waals surface area contributed by atoms with Gasteiger partial charge in [-0.2, -0.15) is 0 Å². The van der Waals surface area contributed by atoms with E-state index >= 15 is 0 Å². The second-order valence-electron chi connectivity index (χ2n) is 7.30. The zero-order valence-corrected chi connectivity index (χ0v) is 16.8. The Morgan fingerprint density at radius 3 is 2.86 bits per heavy atom. The van der Waals surface area contributed by atoms with E-state index in [0.717, 1.165) is 45.4 Å². The van der Waals surface area contributed by atoms with Crippen molar-refractivity contribution in [3.05, 3.63) is 34.6 Å². The van der Waals surface area contributed by atoms with Gasteiger partial charge in [0.1, 0.15) is 5.82 Å². The number of urea groups is 1. The van der Waals surface area contributed by atoms with E-state index in [1.165, 1.54) is 6.07 Å². The number of ether oxygens (including phenoxy) is 1. The topological polar surface area (TPSA) is 44.8 Å². The van der Waals surface area contributed by atoms with Gasteiger partial charge in [-0.15, -0.1) is 6.42 Å². The second-order valence-corrected chi connectivity index (χ2v) is 7.71. The zero-order chi connectivity index (χ0) is 19.9. The van der Waals surface area contributed by atoms with Crippen LogP contribution in [0.1, 0.15) is 37.3 Å². The lowest BCUT2D eigenvalue weighted by Gasteiger charge is -2.30. The van der Waals surface area contributed by atoms with Gasteiger partial charge in [-0.05, 0) is 50.9 Å². The summed E-state index contributed by atoms with van der Waals surface area (Å²) in [6.45, 7) is 3.38. The molecule has 0 aromatic heterocycles. The molecular formula is C21H27ClFN3O2. The van der Waals surface area contributed by atoms with Gasteiger partial charge in [0.15, 0.2) is 0 Å². The molecule has 7 heteroatoms. The molecule has 1 N–H and O–H groups in total. The van der Waals surface area contributed by atoms with Crippen LogP contribution in [-0.4, -0.2) is 61.3 Å². The van der Waals surface area contributed by atoms with E-state index in [9.17, 15) is 9.18 Å². The number of rotatable bonds is 7. The molecule has 2 aliphatic heterocycles. The third kappa shape index (κ3) is 5.16. The highest BCUT2D eigenvalue weighted by molar-refractivity contribution is 6.31. The third-order valence-electron chi connectivity index (χ3n) is 5.38. The fourth-order valence-electron chi connectivity index (χ4n) is 3.96. The smallest absolute Gasteiger partial charge is 0.318 e. The summed E-state index contributed by atoms with van der Waals surface area (Å²) in [6.07, 6.45) is 9.50. The minimum atomic E-state index is -0.349. The molecule has 2 atom stereocenters. The maximum Gasteiger partial charge on any atom is 0.318 e. The van der Waals surface area contributed by atoms with Crippen molar-refractivity contribution >= 4 is 17.6 Å². The van der Waals surface area contributed by atoms with Gasteiger partial charge < -0.3 is 15.0 Å². The number of hydrogen-bond donors (Lipinski definition) is 1. The van der Waals surface area contributed by atoms with Gasteiger partial charge in [-0.3, -0.25) is 4.90 Å². The molecule has 0 saturated carbocycles. The summed E-state index contributed by atoms with van der Waals surface area (Å²) in [6, 6.07) is 4.12.